The van der Waals surface area contributed by atoms with Crippen LogP contribution < -0.4 is 0 Å². The molecule has 0 N–H and O–H groups in total. The van der Waals surface area contributed by atoms with Crippen molar-refractivity contribution in [3.63, 3.8) is 0 Å². The van der Waals surface area contributed by atoms with Crippen molar-refractivity contribution in [1.29, 1.82) is 0 Å². The van der Waals surface area contributed by atoms with E-state index in [9.17, 15) is 4.79 Å². The lowest BCUT2D eigenvalue weighted by atomic mass is 9.95. The predicted molar refractivity (Wildman–Crippen MR) is 87.3 cm³/mol. The molecule has 3 heterocycles. The number of halogens is 1. The average Bonchev–Trinajstić information content (AvgIpc) is 2.84. The molecule has 3 aliphatic heterocycles. The molecule has 3 saturated heterocycles. The number of fused-ring (bicyclic) bond motifs is 4. The Morgan fingerprint density at radius 1 is 1.23 bits per heavy atom. The molecule has 3 aliphatic rings. The van der Waals surface area contributed by atoms with Crippen molar-refractivity contribution in [2.75, 3.05) is 39.9 Å². The van der Waals surface area contributed by atoms with E-state index in [1.807, 2.05) is 17.0 Å². The lowest BCUT2D eigenvalue weighted by Crippen LogP contribution is -2.45. The van der Waals surface area contributed by atoms with Crippen LogP contribution in [0, 0.1) is 5.92 Å². The van der Waals surface area contributed by atoms with Gasteiger partial charge in [0.1, 0.15) is 0 Å². The standard InChI is InChI=1S/C17H23ClN2O2/c1-22-9-8-19-10-13-2-7-16(19)12-20(11-13)17(21)14-3-5-15(18)6-4-14/h3-6,13,16H,2,7-12H2,1H3/t13-,16-/m0/s1. The highest BCUT2D eigenvalue weighted by Crippen LogP contribution is 2.28. The summed E-state index contributed by atoms with van der Waals surface area (Å²) in [4.78, 5) is 17.3. The quantitative estimate of drug-likeness (QED) is 0.854. The maximum absolute atomic E-state index is 12.7. The normalized spacial score (nSPS) is 25.3. The molecule has 4 nitrogen and oxygen atoms in total. The van der Waals surface area contributed by atoms with Gasteiger partial charge in [-0.05, 0) is 43.0 Å². The molecule has 0 radical (unpaired) electrons. The third-order valence-corrected chi connectivity index (χ3v) is 5.04. The van der Waals surface area contributed by atoms with Crippen molar-refractivity contribution in [3.05, 3.63) is 34.9 Å². The van der Waals surface area contributed by atoms with Gasteiger partial charge in [0.05, 0.1) is 6.61 Å². The maximum Gasteiger partial charge on any atom is 0.253 e. The number of benzene rings is 1. The van der Waals surface area contributed by atoms with E-state index in [-0.39, 0.29) is 5.91 Å². The van der Waals surface area contributed by atoms with E-state index in [0.717, 1.165) is 38.3 Å². The number of nitrogens with zero attached hydrogens (tertiary/aromatic N) is 2. The molecule has 4 rings (SSSR count). The summed E-state index contributed by atoms with van der Waals surface area (Å²) in [6.07, 6.45) is 2.40. The van der Waals surface area contributed by atoms with Gasteiger partial charge >= 0.3 is 0 Å². The lowest BCUT2D eigenvalue weighted by Gasteiger charge is -2.35. The van der Waals surface area contributed by atoms with Gasteiger partial charge in [0.2, 0.25) is 0 Å². The summed E-state index contributed by atoms with van der Waals surface area (Å²) >= 11 is 5.91. The number of carbonyl (C=O) groups excluding carboxylic acids is 1. The summed E-state index contributed by atoms with van der Waals surface area (Å²) in [5, 5.41) is 0.665. The summed E-state index contributed by atoms with van der Waals surface area (Å²) in [7, 11) is 1.74. The van der Waals surface area contributed by atoms with Crippen LogP contribution in [0.5, 0.6) is 0 Å². The molecular weight excluding hydrogens is 300 g/mol. The van der Waals surface area contributed by atoms with Gasteiger partial charge < -0.3 is 9.64 Å². The minimum absolute atomic E-state index is 0.127. The summed E-state index contributed by atoms with van der Waals surface area (Å²) < 4.78 is 5.21. The Hall–Kier alpha value is -1.10. The van der Waals surface area contributed by atoms with Crippen LogP contribution in [-0.2, 0) is 4.74 Å². The number of methoxy groups -OCH3 is 1. The fourth-order valence-corrected chi connectivity index (χ4v) is 3.73. The SMILES string of the molecule is COCCN1C[C@@H]2CC[C@H]1CN(C(=O)c1ccc(Cl)cc1)C2. The van der Waals surface area contributed by atoms with Crippen LogP contribution in [0.4, 0.5) is 0 Å². The number of piperidine rings is 1. The third-order valence-electron chi connectivity index (χ3n) is 4.79. The Kier molecular flexibility index (Phi) is 5.01. The lowest BCUT2D eigenvalue weighted by molar-refractivity contribution is 0.0718. The topological polar surface area (TPSA) is 32.8 Å². The summed E-state index contributed by atoms with van der Waals surface area (Å²) in [6, 6.07) is 7.67. The molecule has 5 heteroatoms. The monoisotopic (exact) mass is 322 g/mol. The van der Waals surface area contributed by atoms with Crippen molar-refractivity contribution in [2.24, 2.45) is 5.92 Å². The Bertz CT molecular complexity index is 520. The van der Waals surface area contributed by atoms with Gasteiger partial charge in [0.25, 0.3) is 5.91 Å². The molecule has 3 fully saturated rings. The maximum atomic E-state index is 12.7. The molecular formula is C17H23ClN2O2. The Labute approximate surface area is 137 Å². The summed E-state index contributed by atoms with van der Waals surface area (Å²) in [5.41, 5.74) is 0.731. The number of amides is 1. The number of ether oxygens (including phenoxy) is 1. The molecule has 1 amide bonds. The summed E-state index contributed by atoms with van der Waals surface area (Å²) in [6.45, 7) is 4.48. The fraction of sp³-hybridized carbons (Fsp3) is 0.588. The van der Waals surface area contributed by atoms with E-state index < -0.39 is 0 Å². The fourth-order valence-electron chi connectivity index (χ4n) is 3.60. The highest BCUT2D eigenvalue weighted by atomic mass is 35.5. The zero-order valence-corrected chi connectivity index (χ0v) is 13.8. The van der Waals surface area contributed by atoms with Crippen LogP contribution in [0.15, 0.2) is 24.3 Å². The van der Waals surface area contributed by atoms with E-state index >= 15 is 0 Å². The average molecular weight is 323 g/mol. The van der Waals surface area contributed by atoms with E-state index in [1.54, 1.807) is 19.2 Å². The number of hydrogen-bond acceptors (Lipinski definition) is 3. The van der Waals surface area contributed by atoms with Crippen molar-refractivity contribution in [3.8, 4) is 0 Å². The van der Waals surface area contributed by atoms with Crippen LogP contribution in [0.2, 0.25) is 5.02 Å². The number of carbonyl (C=O) groups is 1. The van der Waals surface area contributed by atoms with Gasteiger partial charge in [0, 0.05) is 49.9 Å². The molecule has 0 aliphatic carbocycles. The third kappa shape index (κ3) is 3.45. The van der Waals surface area contributed by atoms with Crippen molar-refractivity contribution in [2.45, 2.75) is 18.9 Å². The minimum atomic E-state index is 0.127. The summed E-state index contributed by atoms with van der Waals surface area (Å²) in [5.74, 6) is 0.703. The second kappa shape index (κ2) is 6.99. The van der Waals surface area contributed by atoms with Crippen LogP contribution in [0.3, 0.4) is 0 Å². The Balaban J connectivity index is 1.71. The highest BCUT2D eigenvalue weighted by molar-refractivity contribution is 6.30. The molecule has 2 bridgehead atoms. The molecule has 1 aromatic rings. The zero-order valence-electron chi connectivity index (χ0n) is 13.0. The minimum Gasteiger partial charge on any atom is -0.383 e. The highest BCUT2D eigenvalue weighted by Gasteiger charge is 2.36. The molecule has 1 aromatic carbocycles. The van der Waals surface area contributed by atoms with Gasteiger partial charge in [-0.2, -0.15) is 0 Å². The molecule has 0 spiro atoms. The van der Waals surface area contributed by atoms with Crippen LogP contribution in [0.1, 0.15) is 23.2 Å². The molecule has 0 unspecified atom stereocenters. The molecule has 0 aromatic heterocycles. The van der Waals surface area contributed by atoms with Crippen molar-refractivity contribution >= 4 is 17.5 Å². The second-order valence-corrected chi connectivity index (χ2v) is 6.74. The first-order valence-electron chi connectivity index (χ1n) is 7.95. The molecule has 120 valence electrons. The number of rotatable bonds is 4. The zero-order chi connectivity index (χ0) is 15.5. The molecule has 22 heavy (non-hydrogen) atoms. The van der Waals surface area contributed by atoms with E-state index in [0.29, 0.717) is 17.0 Å². The first-order valence-corrected chi connectivity index (χ1v) is 8.33. The first-order chi connectivity index (χ1) is 10.7. The van der Waals surface area contributed by atoms with Crippen LogP contribution in [-0.4, -0.2) is 61.6 Å². The molecule has 0 saturated carbocycles. The van der Waals surface area contributed by atoms with Gasteiger partial charge in [-0.15, -0.1) is 0 Å². The Morgan fingerprint density at radius 2 is 2.00 bits per heavy atom. The van der Waals surface area contributed by atoms with Crippen molar-refractivity contribution < 1.29 is 9.53 Å². The van der Waals surface area contributed by atoms with Crippen LogP contribution >= 0.6 is 11.6 Å². The Morgan fingerprint density at radius 3 is 2.73 bits per heavy atom. The number of hydrogen-bond donors (Lipinski definition) is 0. The largest absolute Gasteiger partial charge is 0.383 e. The molecule has 2 atom stereocenters. The smallest absolute Gasteiger partial charge is 0.253 e. The van der Waals surface area contributed by atoms with Gasteiger partial charge in [-0.1, -0.05) is 11.6 Å². The van der Waals surface area contributed by atoms with E-state index in [4.69, 9.17) is 16.3 Å². The van der Waals surface area contributed by atoms with Gasteiger partial charge in [-0.3, -0.25) is 9.69 Å². The van der Waals surface area contributed by atoms with Crippen LogP contribution in [0.25, 0.3) is 0 Å². The second-order valence-electron chi connectivity index (χ2n) is 6.30. The first kappa shape index (κ1) is 15.8. The van der Waals surface area contributed by atoms with E-state index in [1.165, 1.54) is 12.8 Å². The van der Waals surface area contributed by atoms with E-state index in [2.05, 4.69) is 4.90 Å². The predicted octanol–water partition coefficient (Wildman–Crippen LogP) is 2.52. The van der Waals surface area contributed by atoms with Crippen molar-refractivity contribution in [1.82, 2.24) is 9.80 Å². The van der Waals surface area contributed by atoms with Gasteiger partial charge in [-0.25, -0.2) is 0 Å². The van der Waals surface area contributed by atoms with Gasteiger partial charge in [0.15, 0.2) is 0 Å².